The summed E-state index contributed by atoms with van der Waals surface area (Å²) >= 11 is 0. The van der Waals surface area contributed by atoms with E-state index in [1.165, 1.54) is 12.1 Å². The van der Waals surface area contributed by atoms with E-state index in [2.05, 4.69) is 31.7 Å². The lowest BCUT2D eigenvalue weighted by molar-refractivity contribution is 0.626. The Morgan fingerprint density at radius 2 is 1.84 bits per heavy atom. The minimum atomic E-state index is -0.281. The Morgan fingerprint density at radius 1 is 1.08 bits per heavy atom. The molecule has 0 aliphatic rings. The van der Waals surface area contributed by atoms with Gasteiger partial charge in [-0.05, 0) is 36.8 Å². The van der Waals surface area contributed by atoms with Gasteiger partial charge >= 0.3 is 0 Å². The van der Waals surface area contributed by atoms with E-state index < -0.39 is 0 Å². The summed E-state index contributed by atoms with van der Waals surface area (Å²) in [6, 6.07) is 11.5. The van der Waals surface area contributed by atoms with E-state index in [-0.39, 0.29) is 11.9 Å². The SMILES string of the molecule is C[C@H](Nc1cc(C#N)cc(Nc2cnccn2)n1)c1ccc(F)cc1. The summed E-state index contributed by atoms with van der Waals surface area (Å²) in [4.78, 5) is 12.5. The fourth-order valence-corrected chi connectivity index (χ4v) is 2.28. The van der Waals surface area contributed by atoms with Crippen LogP contribution in [0, 0.1) is 17.1 Å². The van der Waals surface area contributed by atoms with Crippen LogP contribution in [0.1, 0.15) is 24.1 Å². The molecule has 0 aliphatic heterocycles. The zero-order chi connectivity index (χ0) is 17.6. The number of rotatable bonds is 5. The van der Waals surface area contributed by atoms with Gasteiger partial charge in [0, 0.05) is 18.4 Å². The molecule has 0 amide bonds. The summed E-state index contributed by atoms with van der Waals surface area (Å²) in [6.45, 7) is 1.93. The average Bonchev–Trinajstić information content (AvgIpc) is 2.63. The molecule has 0 saturated carbocycles. The highest BCUT2D eigenvalue weighted by molar-refractivity contribution is 5.58. The maximum absolute atomic E-state index is 13.0. The first kappa shape index (κ1) is 16.3. The molecule has 0 bridgehead atoms. The molecule has 3 rings (SSSR count). The van der Waals surface area contributed by atoms with Crippen molar-refractivity contribution in [1.29, 1.82) is 5.26 Å². The van der Waals surface area contributed by atoms with Crippen LogP contribution < -0.4 is 10.6 Å². The molecule has 0 unspecified atom stereocenters. The largest absolute Gasteiger partial charge is 0.363 e. The predicted molar refractivity (Wildman–Crippen MR) is 92.7 cm³/mol. The summed E-state index contributed by atoms with van der Waals surface area (Å²) < 4.78 is 13.0. The van der Waals surface area contributed by atoms with Crippen molar-refractivity contribution in [3.8, 4) is 6.07 Å². The van der Waals surface area contributed by atoms with Gasteiger partial charge < -0.3 is 10.6 Å². The smallest absolute Gasteiger partial charge is 0.150 e. The van der Waals surface area contributed by atoms with Crippen molar-refractivity contribution in [2.45, 2.75) is 13.0 Å². The van der Waals surface area contributed by atoms with Crippen LogP contribution in [0.25, 0.3) is 0 Å². The normalized spacial score (nSPS) is 11.4. The number of nitrogens with zero attached hydrogens (tertiary/aromatic N) is 4. The highest BCUT2D eigenvalue weighted by atomic mass is 19.1. The number of nitrogens with one attached hydrogen (secondary N) is 2. The molecule has 2 aromatic heterocycles. The molecular weight excluding hydrogens is 319 g/mol. The Kier molecular flexibility index (Phi) is 4.81. The van der Waals surface area contributed by atoms with Crippen LogP contribution in [-0.2, 0) is 0 Å². The van der Waals surface area contributed by atoms with Crippen molar-refractivity contribution in [3.05, 3.63) is 71.9 Å². The Hall–Kier alpha value is -3.53. The fraction of sp³-hybridized carbons (Fsp3) is 0.111. The number of nitriles is 1. The monoisotopic (exact) mass is 334 g/mol. The standard InChI is InChI=1S/C18H15FN6/c1-12(14-2-4-15(19)5-3-14)23-16-8-13(10-20)9-17(24-16)25-18-11-21-6-7-22-18/h2-9,11-12H,1H3,(H2,22,23,24,25)/t12-/m0/s1. The van der Waals surface area contributed by atoms with Gasteiger partial charge in [-0.1, -0.05) is 12.1 Å². The van der Waals surface area contributed by atoms with Crippen molar-refractivity contribution in [2.24, 2.45) is 0 Å². The van der Waals surface area contributed by atoms with Crippen molar-refractivity contribution in [1.82, 2.24) is 15.0 Å². The van der Waals surface area contributed by atoms with E-state index in [0.29, 0.717) is 23.0 Å². The van der Waals surface area contributed by atoms with Crippen molar-refractivity contribution in [2.75, 3.05) is 10.6 Å². The lowest BCUT2D eigenvalue weighted by Gasteiger charge is -2.16. The summed E-state index contributed by atoms with van der Waals surface area (Å²) in [6.07, 6.45) is 4.70. The second kappa shape index (κ2) is 7.36. The molecule has 0 radical (unpaired) electrons. The summed E-state index contributed by atoms with van der Waals surface area (Å²) in [5, 5.41) is 15.5. The van der Waals surface area contributed by atoms with Crippen molar-refractivity contribution < 1.29 is 4.39 Å². The second-order valence-electron chi connectivity index (χ2n) is 5.37. The van der Waals surface area contributed by atoms with E-state index in [1.54, 1.807) is 42.9 Å². The van der Waals surface area contributed by atoms with Gasteiger partial charge in [0.25, 0.3) is 0 Å². The zero-order valence-electron chi connectivity index (χ0n) is 13.4. The molecule has 25 heavy (non-hydrogen) atoms. The van der Waals surface area contributed by atoms with E-state index in [9.17, 15) is 9.65 Å². The first-order valence-electron chi connectivity index (χ1n) is 7.61. The third-order valence-corrected chi connectivity index (χ3v) is 3.51. The Bertz CT molecular complexity index is 890. The number of pyridine rings is 1. The van der Waals surface area contributed by atoms with E-state index >= 15 is 0 Å². The lowest BCUT2D eigenvalue weighted by atomic mass is 10.1. The van der Waals surface area contributed by atoms with Gasteiger partial charge in [0.2, 0.25) is 0 Å². The third kappa shape index (κ3) is 4.26. The number of benzene rings is 1. The van der Waals surface area contributed by atoms with Gasteiger partial charge in [-0.2, -0.15) is 5.26 Å². The molecule has 0 spiro atoms. The zero-order valence-corrected chi connectivity index (χ0v) is 13.4. The molecule has 124 valence electrons. The molecule has 2 N–H and O–H groups in total. The Labute approximate surface area is 144 Å². The highest BCUT2D eigenvalue weighted by Gasteiger charge is 2.09. The maximum Gasteiger partial charge on any atom is 0.150 e. The number of hydrogen-bond donors (Lipinski definition) is 2. The molecule has 6 nitrogen and oxygen atoms in total. The molecule has 7 heteroatoms. The molecule has 1 aromatic carbocycles. The molecular formula is C18H15FN6. The van der Waals surface area contributed by atoms with Gasteiger partial charge in [-0.3, -0.25) is 4.98 Å². The van der Waals surface area contributed by atoms with Crippen LogP contribution in [0.4, 0.5) is 21.8 Å². The van der Waals surface area contributed by atoms with Gasteiger partial charge in [-0.15, -0.1) is 0 Å². The number of halogens is 1. The quantitative estimate of drug-likeness (QED) is 0.738. The number of aromatic nitrogens is 3. The molecule has 1 atom stereocenters. The first-order chi connectivity index (χ1) is 12.1. The molecule has 0 saturated heterocycles. The molecule has 2 heterocycles. The lowest BCUT2D eigenvalue weighted by Crippen LogP contribution is -2.09. The van der Waals surface area contributed by atoms with E-state index in [4.69, 9.17) is 0 Å². The average molecular weight is 334 g/mol. The van der Waals surface area contributed by atoms with Crippen LogP contribution in [0.3, 0.4) is 0 Å². The number of anilines is 3. The molecule has 3 aromatic rings. The van der Waals surface area contributed by atoms with Gasteiger partial charge in [0.05, 0.1) is 17.8 Å². The van der Waals surface area contributed by atoms with E-state index in [1.807, 2.05) is 6.92 Å². The summed E-state index contributed by atoms with van der Waals surface area (Å²) in [5.41, 5.74) is 1.36. The van der Waals surface area contributed by atoms with Gasteiger partial charge in [-0.25, -0.2) is 14.4 Å². The number of hydrogen-bond acceptors (Lipinski definition) is 6. The van der Waals surface area contributed by atoms with Crippen LogP contribution >= 0.6 is 0 Å². The van der Waals surface area contributed by atoms with Crippen molar-refractivity contribution >= 4 is 17.5 Å². The van der Waals surface area contributed by atoms with Crippen LogP contribution in [0.15, 0.2) is 55.0 Å². The first-order valence-corrected chi connectivity index (χ1v) is 7.61. The summed E-state index contributed by atoms with van der Waals surface area (Å²) in [7, 11) is 0. The van der Waals surface area contributed by atoms with Crippen molar-refractivity contribution in [3.63, 3.8) is 0 Å². The van der Waals surface area contributed by atoms with Gasteiger partial charge in [0.1, 0.15) is 23.3 Å². The maximum atomic E-state index is 13.0. The minimum absolute atomic E-state index is 0.105. The fourth-order valence-electron chi connectivity index (χ4n) is 2.28. The van der Waals surface area contributed by atoms with Crippen LogP contribution in [0.5, 0.6) is 0 Å². The highest BCUT2D eigenvalue weighted by Crippen LogP contribution is 2.22. The Balaban J connectivity index is 1.82. The Morgan fingerprint density at radius 3 is 2.52 bits per heavy atom. The predicted octanol–water partition coefficient (Wildman–Crippen LogP) is 3.80. The van der Waals surface area contributed by atoms with E-state index in [0.717, 1.165) is 5.56 Å². The van der Waals surface area contributed by atoms with Gasteiger partial charge in [0.15, 0.2) is 0 Å². The van der Waals surface area contributed by atoms with Crippen LogP contribution in [-0.4, -0.2) is 15.0 Å². The third-order valence-electron chi connectivity index (χ3n) is 3.51. The molecule has 0 fully saturated rings. The second-order valence-corrected chi connectivity index (χ2v) is 5.37. The minimum Gasteiger partial charge on any atom is -0.363 e. The van der Waals surface area contributed by atoms with Crippen LogP contribution in [0.2, 0.25) is 0 Å². The topological polar surface area (TPSA) is 86.5 Å². The molecule has 0 aliphatic carbocycles. The summed E-state index contributed by atoms with van der Waals surface area (Å²) in [5.74, 6) is 1.26.